The molecule has 0 spiro atoms. The Morgan fingerprint density at radius 3 is 2.64 bits per heavy atom. The smallest absolute Gasteiger partial charge is 0.288 e. The molecule has 28 heavy (non-hydrogen) atoms. The van der Waals surface area contributed by atoms with Crippen LogP contribution in [0, 0.1) is 0 Å². The topological polar surface area (TPSA) is 69.9 Å². The molecule has 1 aliphatic heterocycles. The standard InChI is InChI=1S/C22H23NO5/c1-22(2,14-8-9-18-19(12-14)27-11-10-26-18)23-21(24)20-16(13-25-3)15-6-4-5-7-17(15)28-20/h4-9,12H,10-11,13H2,1-3H3,(H,23,24). The van der Waals surface area contributed by atoms with Gasteiger partial charge in [0.2, 0.25) is 0 Å². The van der Waals surface area contributed by atoms with Crippen LogP contribution in [0.5, 0.6) is 11.5 Å². The molecule has 1 aromatic heterocycles. The summed E-state index contributed by atoms with van der Waals surface area (Å²) in [7, 11) is 1.60. The van der Waals surface area contributed by atoms with Crippen molar-refractivity contribution in [2.24, 2.45) is 0 Å². The van der Waals surface area contributed by atoms with E-state index in [1.165, 1.54) is 0 Å². The van der Waals surface area contributed by atoms with Crippen molar-refractivity contribution < 1.29 is 23.4 Å². The number of para-hydroxylation sites is 1. The molecule has 1 amide bonds. The van der Waals surface area contributed by atoms with Crippen molar-refractivity contribution in [2.75, 3.05) is 20.3 Å². The maximum Gasteiger partial charge on any atom is 0.288 e. The van der Waals surface area contributed by atoms with Crippen molar-refractivity contribution >= 4 is 16.9 Å². The Morgan fingerprint density at radius 1 is 1.11 bits per heavy atom. The van der Waals surface area contributed by atoms with Gasteiger partial charge in [0.25, 0.3) is 5.91 Å². The summed E-state index contributed by atoms with van der Waals surface area (Å²) in [5, 5.41) is 3.95. The molecule has 0 saturated heterocycles. The van der Waals surface area contributed by atoms with Crippen LogP contribution in [-0.4, -0.2) is 26.2 Å². The SMILES string of the molecule is COCc1c(C(=O)NC(C)(C)c2ccc3c(c2)OCCO3)oc2ccccc12. The Bertz CT molecular complexity index is 1020. The predicted octanol–water partition coefficient (Wildman–Crippen LogP) is 4.02. The van der Waals surface area contributed by atoms with E-state index in [-0.39, 0.29) is 11.7 Å². The number of benzene rings is 2. The lowest BCUT2D eigenvalue weighted by Crippen LogP contribution is -2.41. The van der Waals surface area contributed by atoms with Crippen molar-refractivity contribution in [3.63, 3.8) is 0 Å². The Balaban J connectivity index is 1.64. The Kier molecular flexibility index (Phi) is 4.73. The molecule has 6 nitrogen and oxygen atoms in total. The van der Waals surface area contributed by atoms with Crippen molar-refractivity contribution in [3.8, 4) is 11.5 Å². The van der Waals surface area contributed by atoms with Crippen LogP contribution in [0.2, 0.25) is 0 Å². The molecular weight excluding hydrogens is 358 g/mol. The van der Waals surface area contributed by atoms with E-state index in [4.69, 9.17) is 18.6 Å². The Morgan fingerprint density at radius 2 is 1.86 bits per heavy atom. The molecule has 4 rings (SSSR count). The van der Waals surface area contributed by atoms with Gasteiger partial charge in [0.15, 0.2) is 17.3 Å². The van der Waals surface area contributed by atoms with E-state index in [0.717, 1.165) is 22.3 Å². The summed E-state index contributed by atoms with van der Waals surface area (Å²) in [5.41, 5.74) is 1.68. The number of carbonyl (C=O) groups excluding carboxylic acids is 1. The largest absolute Gasteiger partial charge is 0.486 e. The summed E-state index contributed by atoms with van der Waals surface area (Å²) >= 11 is 0. The van der Waals surface area contributed by atoms with Gasteiger partial charge in [-0.05, 0) is 37.6 Å². The van der Waals surface area contributed by atoms with E-state index in [9.17, 15) is 4.79 Å². The van der Waals surface area contributed by atoms with E-state index in [1.54, 1.807) is 7.11 Å². The second kappa shape index (κ2) is 7.20. The first kappa shape index (κ1) is 18.4. The van der Waals surface area contributed by atoms with E-state index < -0.39 is 5.54 Å². The molecule has 0 aliphatic carbocycles. The van der Waals surface area contributed by atoms with Crippen LogP contribution in [0.1, 0.15) is 35.5 Å². The van der Waals surface area contributed by atoms with Gasteiger partial charge in [0.05, 0.1) is 12.1 Å². The summed E-state index contributed by atoms with van der Waals surface area (Å²) in [6.45, 7) is 5.23. The molecule has 146 valence electrons. The van der Waals surface area contributed by atoms with Gasteiger partial charge in [0, 0.05) is 18.1 Å². The maximum absolute atomic E-state index is 13.1. The first-order valence-electron chi connectivity index (χ1n) is 9.21. The highest BCUT2D eigenvalue weighted by Gasteiger charge is 2.29. The molecule has 0 bridgehead atoms. The highest BCUT2D eigenvalue weighted by Crippen LogP contribution is 2.35. The number of nitrogens with one attached hydrogen (secondary N) is 1. The number of ether oxygens (including phenoxy) is 3. The molecule has 1 N–H and O–H groups in total. The fraction of sp³-hybridized carbons (Fsp3) is 0.318. The molecule has 2 aromatic carbocycles. The highest BCUT2D eigenvalue weighted by atomic mass is 16.6. The molecular formula is C22H23NO5. The third-order valence-electron chi connectivity index (χ3n) is 4.88. The second-order valence-corrected chi connectivity index (χ2v) is 7.28. The molecule has 2 heterocycles. The van der Waals surface area contributed by atoms with Crippen molar-refractivity contribution in [2.45, 2.75) is 26.0 Å². The first-order chi connectivity index (χ1) is 13.5. The van der Waals surface area contributed by atoms with Crippen LogP contribution in [0.3, 0.4) is 0 Å². The molecule has 0 saturated carbocycles. The van der Waals surface area contributed by atoms with Gasteiger partial charge < -0.3 is 23.9 Å². The molecule has 6 heteroatoms. The molecule has 0 fully saturated rings. The van der Waals surface area contributed by atoms with Crippen LogP contribution in [0.4, 0.5) is 0 Å². The van der Waals surface area contributed by atoms with Crippen LogP contribution in [0.15, 0.2) is 46.9 Å². The minimum absolute atomic E-state index is 0.272. The first-order valence-corrected chi connectivity index (χ1v) is 9.21. The average molecular weight is 381 g/mol. The van der Waals surface area contributed by atoms with Gasteiger partial charge >= 0.3 is 0 Å². The van der Waals surface area contributed by atoms with Gasteiger partial charge in [-0.3, -0.25) is 4.79 Å². The monoisotopic (exact) mass is 381 g/mol. The van der Waals surface area contributed by atoms with Gasteiger partial charge in [-0.2, -0.15) is 0 Å². The van der Waals surface area contributed by atoms with E-state index >= 15 is 0 Å². The van der Waals surface area contributed by atoms with Gasteiger partial charge in [-0.1, -0.05) is 24.3 Å². The molecule has 1 aliphatic rings. The quantitative estimate of drug-likeness (QED) is 0.723. The summed E-state index contributed by atoms with van der Waals surface area (Å²) in [6.07, 6.45) is 0. The summed E-state index contributed by atoms with van der Waals surface area (Å²) in [5.74, 6) is 1.39. The highest BCUT2D eigenvalue weighted by molar-refractivity contribution is 5.99. The second-order valence-electron chi connectivity index (χ2n) is 7.28. The zero-order valence-corrected chi connectivity index (χ0v) is 16.2. The predicted molar refractivity (Wildman–Crippen MR) is 105 cm³/mol. The van der Waals surface area contributed by atoms with E-state index in [1.807, 2.05) is 56.3 Å². The van der Waals surface area contributed by atoms with Gasteiger partial charge in [-0.25, -0.2) is 0 Å². The molecule has 0 atom stereocenters. The number of furan rings is 1. The minimum Gasteiger partial charge on any atom is -0.486 e. The fourth-order valence-electron chi connectivity index (χ4n) is 3.41. The van der Waals surface area contributed by atoms with Crippen molar-refractivity contribution in [1.82, 2.24) is 5.32 Å². The zero-order chi connectivity index (χ0) is 19.7. The number of hydrogen-bond donors (Lipinski definition) is 1. The summed E-state index contributed by atoms with van der Waals surface area (Å²) < 4.78 is 22.4. The van der Waals surface area contributed by atoms with Crippen LogP contribution in [0.25, 0.3) is 11.0 Å². The number of methoxy groups -OCH3 is 1. The van der Waals surface area contributed by atoms with Crippen molar-refractivity contribution in [1.29, 1.82) is 0 Å². The number of amides is 1. The van der Waals surface area contributed by atoms with Gasteiger partial charge in [0.1, 0.15) is 18.8 Å². The Labute approximate surface area is 163 Å². The maximum atomic E-state index is 13.1. The van der Waals surface area contributed by atoms with Crippen LogP contribution in [-0.2, 0) is 16.9 Å². The lowest BCUT2D eigenvalue weighted by molar-refractivity contribution is 0.0878. The van der Waals surface area contributed by atoms with Crippen LogP contribution >= 0.6 is 0 Å². The average Bonchev–Trinajstić information content (AvgIpc) is 3.06. The fourth-order valence-corrected chi connectivity index (χ4v) is 3.41. The third kappa shape index (κ3) is 3.31. The summed E-state index contributed by atoms with van der Waals surface area (Å²) in [4.78, 5) is 13.1. The molecule has 3 aromatic rings. The number of hydrogen-bond acceptors (Lipinski definition) is 5. The zero-order valence-electron chi connectivity index (χ0n) is 16.2. The number of rotatable bonds is 5. The number of carbonyl (C=O) groups is 1. The van der Waals surface area contributed by atoms with E-state index in [0.29, 0.717) is 31.2 Å². The van der Waals surface area contributed by atoms with Gasteiger partial charge in [-0.15, -0.1) is 0 Å². The Hall–Kier alpha value is -2.99. The van der Waals surface area contributed by atoms with E-state index in [2.05, 4.69) is 5.32 Å². The normalized spacial score (nSPS) is 13.5. The molecule has 0 unspecified atom stereocenters. The number of fused-ring (bicyclic) bond motifs is 2. The lowest BCUT2D eigenvalue weighted by atomic mass is 9.93. The lowest BCUT2D eigenvalue weighted by Gasteiger charge is -2.28. The molecule has 0 radical (unpaired) electrons. The minimum atomic E-state index is -0.643. The summed E-state index contributed by atoms with van der Waals surface area (Å²) in [6, 6.07) is 13.3. The van der Waals surface area contributed by atoms with Crippen molar-refractivity contribution in [3.05, 3.63) is 59.4 Å². The van der Waals surface area contributed by atoms with Crippen LogP contribution < -0.4 is 14.8 Å². The third-order valence-corrected chi connectivity index (χ3v) is 4.88.